The first-order valence-electron chi connectivity index (χ1n) is 10.9. The van der Waals surface area contributed by atoms with Crippen molar-refractivity contribution in [3.05, 3.63) is 107 Å². The molecule has 0 atom stereocenters. The number of benzene rings is 4. The van der Waals surface area contributed by atoms with Crippen molar-refractivity contribution in [1.29, 1.82) is 0 Å². The van der Waals surface area contributed by atoms with Gasteiger partial charge in [0, 0.05) is 33.9 Å². The van der Waals surface area contributed by atoms with E-state index in [1.165, 1.54) is 0 Å². The summed E-state index contributed by atoms with van der Waals surface area (Å²) in [6, 6.07) is 19.0. The first-order valence-corrected chi connectivity index (χ1v) is 10.9. The number of nitrogens with two attached hydrogens (primary N) is 4. The van der Waals surface area contributed by atoms with Gasteiger partial charge in [0.25, 0.3) is 0 Å². The van der Waals surface area contributed by atoms with Gasteiger partial charge in [-0.2, -0.15) is 26.3 Å². The predicted octanol–water partition coefficient (Wildman–Crippen LogP) is 6.64. The van der Waals surface area contributed by atoms with Crippen LogP contribution in [0.3, 0.4) is 0 Å². The number of carbonyl (C=O) groups is 1. The molecule has 0 spiro atoms. The molecule has 0 saturated heterocycles. The fraction of sp³-hybridized carbons (Fsp3) is 0.0741. The third-order valence-electron chi connectivity index (χ3n) is 5.33. The topological polar surface area (TPSA) is 121 Å². The zero-order chi connectivity index (χ0) is 28.3. The number of anilines is 4. The molecular formula is C27H22F6N4O. The first kappa shape index (κ1) is 27.9. The van der Waals surface area contributed by atoms with Gasteiger partial charge in [-0.3, -0.25) is 4.79 Å². The van der Waals surface area contributed by atoms with Gasteiger partial charge in [-0.1, -0.05) is 12.1 Å². The SMILES string of the molecule is Nc1ccc(-c2ccc(N)cc2C(F)(F)F)c(C(F)(F)F)c1.Nc1ccc(C(=O)c2ccc(N)cc2)cc1. The highest BCUT2D eigenvalue weighted by Gasteiger charge is 2.38. The Morgan fingerprint density at radius 3 is 1.05 bits per heavy atom. The summed E-state index contributed by atoms with van der Waals surface area (Å²) in [6.07, 6.45) is -9.68. The standard InChI is InChI=1S/C14H10F6N2.C13H12N2O/c15-13(16,17)11-5-7(21)1-3-9(11)10-4-2-8(22)6-12(10)14(18,19)20;14-11-5-1-9(2-6-11)13(16)10-3-7-12(15)8-4-10/h1-6H,21-22H2;1-8H,14-15H2. The summed E-state index contributed by atoms with van der Waals surface area (Å²) >= 11 is 0. The lowest BCUT2D eigenvalue weighted by Gasteiger charge is -2.18. The van der Waals surface area contributed by atoms with Crippen LogP contribution in [0.25, 0.3) is 11.1 Å². The van der Waals surface area contributed by atoms with Gasteiger partial charge in [0.05, 0.1) is 11.1 Å². The zero-order valence-corrected chi connectivity index (χ0v) is 19.6. The summed E-state index contributed by atoms with van der Waals surface area (Å²) in [7, 11) is 0. The van der Waals surface area contributed by atoms with Crippen LogP contribution in [0.15, 0.2) is 84.9 Å². The summed E-state index contributed by atoms with van der Waals surface area (Å²) in [4.78, 5) is 12.0. The molecule has 11 heteroatoms. The fourth-order valence-corrected chi connectivity index (χ4v) is 3.50. The molecule has 4 aromatic rings. The maximum Gasteiger partial charge on any atom is 0.417 e. The molecule has 38 heavy (non-hydrogen) atoms. The molecule has 0 saturated carbocycles. The highest BCUT2D eigenvalue weighted by atomic mass is 19.4. The molecule has 0 amide bonds. The minimum absolute atomic E-state index is 0.0278. The smallest absolute Gasteiger partial charge is 0.399 e. The Morgan fingerprint density at radius 1 is 0.474 bits per heavy atom. The van der Waals surface area contributed by atoms with E-state index in [4.69, 9.17) is 22.9 Å². The summed E-state index contributed by atoms with van der Waals surface area (Å²) < 4.78 is 78.4. The number of hydrogen-bond donors (Lipinski definition) is 4. The Morgan fingerprint density at radius 2 is 0.763 bits per heavy atom. The monoisotopic (exact) mass is 532 g/mol. The molecule has 4 aromatic carbocycles. The second-order valence-corrected chi connectivity index (χ2v) is 8.18. The van der Waals surface area contributed by atoms with Crippen LogP contribution in [-0.4, -0.2) is 5.78 Å². The van der Waals surface area contributed by atoms with Crippen LogP contribution in [0.2, 0.25) is 0 Å². The molecule has 8 N–H and O–H groups in total. The Kier molecular flexibility index (Phi) is 7.90. The lowest BCUT2D eigenvalue weighted by molar-refractivity contribution is -0.139. The molecular weight excluding hydrogens is 510 g/mol. The lowest BCUT2D eigenvalue weighted by Crippen LogP contribution is -2.12. The van der Waals surface area contributed by atoms with Crippen LogP contribution in [0.4, 0.5) is 49.1 Å². The van der Waals surface area contributed by atoms with Crippen molar-refractivity contribution in [2.45, 2.75) is 12.4 Å². The van der Waals surface area contributed by atoms with Gasteiger partial charge in [0.1, 0.15) is 0 Å². The van der Waals surface area contributed by atoms with E-state index >= 15 is 0 Å². The minimum Gasteiger partial charge on any atom is -0.399 e. The Hall–Kier alpha value is -4.67. The minimum atomic E-state index is -4.84. The molecule has 4 rings (SSSR count). The molecule has 0 fully saturated rings. The van der Waals surface area contributed by atoms with E-state index in [0.29, 0.717) is 34.6 Å². The van der Waals surface area contributed by atoms with Gasteiger partial charge < -0.3 is 22.9 Å². The molecule has 0 aliphatic carbocycles. The van der Waals surface area contributed by atoms with Gasteiger partial charge in [0.2, 0.25) is 0 Å². The maximum atomic E-state index is 13.1. The van der Waals surface area contributed by atoms with Gasteiger partial charge in [-0.25, -0.2) is 0 Å². The van der Waals surface area contributed by atoms with Crippen LogP contribution in [0.5, 0.6) is 0 Å². The van der Waals surface area contributed by atoms with Gasteiger partial charge >= 0.3 is 12.4 Å². The van der Waals surface area contributed by atoms with E-state index in [2.05, 4.69) is 0 Å². The van der Waals surface area contributed by atoms with Crippen molar-refractivity contribution >= 4 is 28.5 Å². The number of carbonyl (C=O) groups excluding carboxylic acids is 1. The fourth-order valence-electron chi connectivity index (χ4n) is 3.50. The lowest BCUT2D eigenvalue weighted by atomic mass is 9.94. The highest BCUT2D eigenvalue weighted by molar-refractivity contribution is 6.09. The number of hydrogen-bond acceptors (Lipinski definition) is 5. The van der Waals surface area contributed by atoms with Crippen LogP contribution < -0.4 is 22.9 Å². The molecule has 5 nitrogen and oxygen atoms in total. The molecule has 0 bridgehead atoms. The average molecular weight is 532 g/mol. The molecule has 0 radical (unpaired) electrons. The van der Waals surface area contributed by atoms with Gasteiger partial charge in [0.15, 0.2) is 5.78 Å². The Labute approximate surface area is 213 Å². The van der Waals surface area contributed by atoms with Crippen molar-refractivity contribution in [1.82, 2.24) is 0 Å². The van der Waals surface area contributed by atoms with Crippen LogP contribution in [0.1, 0.15) is 27.0 Å². The Bertz CT molecular complexity index is 1320. The van der Waals surface area contributed by atoms with Gasteiger partial charge in [-0.05, 0) is 83.9 Å². The molecule has 0 aliphatic heterocycles. The van der Waals surface area contributed by atoms with Crippen molar-refractivity contribution in [3.8, 4) is 11.1 Å². The largest absolute Gasteiger partial charge is 0.417 e. The summed E-state index contributed by atoms with van der Waals surface area (Å²) in [5.41, 5.74) is 20.2. The van der Waals surface area contributed by atoms with Crippen molar-refractivity contribution in [2.24, 2.45) is 0 Å². The highest BCUT2D eigenvalue weighted by Crippen LogP contribution is 2.43. The van der Waals surface area contributed by atoms with Crippen LogP contribution in [0, 0.1) is 0 Å². The van der Waals surface area contributed by atoms with Gasteiger partial charge in [-0.15, -0.1) is 0 Å². The van der Waals surface area contributed by atoms with Crippen LogP contribution in [-0.2, 0) is 12.4 Å². The number of halogens is 6. The maximum absolute atomic E-state index is 13.1. The number of nitrogen functional groups attached to an aromatic ring is 4. The third kappa shape index (κ3) is 6.75. The van der Waals surface area contributed by atoms with Crippen molar-refractivity contribution < 1.29 is 31.1 Å². The summed E-state index contributed by atoms with van der Waals surface area (Å²) in [5.74, 6) is -0.0278. The van der Waals surface area contributed by atoms with E-state index in [9.17, 15) is 31.1 Å². The molecule has 198 valence electrons. The molecule has 0 heterocycles. The van der Waals surface area contributed by atoms with Crippen molar-refractivity contribution in [2.75, 3.05) is 22.9 Å². The second kappa shape index (κ2) is 10.8. The quantitative estimate of drug-likeness (QED) is 0.134. The number of rotatable bonds is 3. The number of alkyl halides is 6. The van der Waals surface area contributed by atoms with E-state index in [0.717, 1.165) is 24.3 Å². The van der Waals surface area contributed by atoms with Crippen molar-refractivity contribution in [3.63, 3.8) is 0 Å². The Balaban J connectivity index is 0.000000221. The third-order valence-corrected chi connectivity index (χ3v) is 5.33. The summed E-state index contributed by atoms with van der Waals surface area (Å²) in [5, 5.41) is 0. The zero-order valence-electron chi connectivity index (χ0n) is 19.6. The average Bonchev–Trinajstić information content (AvgIpc) is 2.84. The van der Waals surface area contributed by atoms with E-state index < -0.39 is 34.6 Å². The molecule has 0 aliphatic rings. The van der Waals surface area contributed by atoms with E-state index in [1.807, 2.05) is 0 Å². The molecule has 0 unspecified atom stereocenters. The van der Waals surface area contributed by atoms with E-state index in [1.54, 1.807) is 48.5 Å². The molecule has 0 aromatic heterocycles. The normalized spacial score (nSPS) is 11.4. The second-order valence-electron chi connectivity index (χ2n) is 8.18. The van der Waals surface area contributed by atoms with Crippen LogP contribution >= 0.6 is 0 Å². The first-order chi connectivity index (χ1) is 17.7. The van der Waals surface area contributed by atoms with E-state index in [-0.39, 0.29) is 17.2 Å². The summed E-state index contributed by atoms with van der Waals surface area (Å²) in [6.45, 7) is 0. The number of ketones is 1. The predicted molar refractivity (Wildman–Crippen MR) is 136 cm³/mol.